The van der Waals surface area contributed by atoms with Gasteiger partial charge in [-0.25, -0.2) is 14.4 Å². The normalized spacial score (nSPS) is 18.8. The molecule has 8 heteroatoms. The Morgan fingerprint density at radius 1 is 1.06 bits per heavy atom. The molecule has 2 aliphatic rings. The largest absolute Gasteiger partial charge is 0.370 e. The van der Waals surface area contributed by atoms with Crippen molar-refractivity contribution in [2.45, 2.75) is 39.3 Å². The number of aromatic nitrogens is 2. The summed E-state index contributed by atoms with van der Waals surface area (Å²) in [6, 6.07) is 7.17. The Morgan fingerprint density at radius 3 is 2.52 bits per heavy atom. The average Bonchev–Trinajstić information content (AvgIpc) is 3.43. The molecule has 2 saturated heterocycles. The van der Waals surface area contributed by atoms with Gasteiger partial charge in [0.25, 0.3) is 0 Å². The first-order valence-corrected chi connectivity index (χ1v) is 12.9. The number of rotatable bonds is 7. The number of fused-ring (bicyclic) bond motifs is 1. The Morgan fingerprint density at radius 2 is 1.79 bits per heavy atom. The molecule has 2 aromatic heterocycles. The number of thiophene rings is 1. The van der Waals surface area contributed by atoms with Crippen molar-refractivity contribution in [1.82, 2.24) is 9.97 Å². The molecule has 2 fully saturated rings. The average molecular weight is 472 g/mol. The number of nitrogens with one attached hydrogen (secondary N) is 3. The first kappa shape index (κ1) is 22.7. The van der Waals surface area contributed by atoms with Crippen molar-refractivity contribution in [2.24, 2.45) is 0 Å². The summed E-state index contributed by atoms with van der Waals surface area (Å²) in [7, 11) is 0. The fourth-order valence-corrected chi connectivity index (χ4v) is 6.20. The van der Waals surface area contributed by atoms with Crippen LogP contribution in [0.1, 0.15) is 40.7 Å². The van der Waals surface area contributed by atoms with Gasteiger partial charge in [-0.2, -0.15) is 0 Å². The lowest BCUT2D eigenvalue weighted by Gasteiger charge is -2.32. The molecule has 2 aliphatic heterocycles. The van der Waals surface area contributed by atoms with Crippen molar-refractivity contribution in [1.29, 1.82) is 0 Å². The lowest BCUT2D eigenvalue weighted by molar-refractivity contribution is -0.937. The maximum atomic E-state index is 13.6. The maximum Gasteiger partial charge on any atom is 0.187 e. The minimum Gasteiger partial charge on any atom is -0.370 e. The number of aryl methyl sites for hydroxylation is 2. The first-order chi connectivity index (χ1) is 16.1. The number of nitrogens with zero attached hydrogens (tertiary/aromatic N) is 2. The Hall–Kier alpha value is -2.13. The third kappa shape index (κ3) is 5.04. The highest BCUT2D eigenvalue weighted by Gasteiger charge is 2.27. The second-order valence-electron chi connectivity index (χ2n) is 9.34. The summed E-state index contributed by atoms with van der Waals surface area (Å²) < 4.78 is 19.2. The van der Waals surface area contributed by atoms with E-state index in [1.54, 1.807) is 28.4 Å². The summed E-state index contributed by atoms with van der Waals surface area (Å²) in [5.74, 6) is 1.67. The number of morpholine rings is 1. The number of hydrogen-bond acceptors (Lipinski definition) is 5. The predicted molar refractivity (Wildman–Crippen MR) is 130 cm³/mol. The fraction of sp³-hybridized carbons (Fsp3) is 0.520. The fourth-order valence-electron chi connectivity index (χ4n) is 5.15. The molecular weight excluding hydrogens is 437 g/mol. The third-order valence-corrected chi connectivity index (χ3v) is 8.27. The van der Waals surface area contributed by atoms with Crippen LogP contribution < -0.4 is 15.1 Å². The van der Waals surface area contributed by atoms with Gasteiger partial charge >= 0.3 is 0 Å². The minimum atomic E-state index is -0.196. The van der Waals surface area contributed by atoms with Crippen LogP contribution in [0.4, 0.5) is 10.2 Å². The Labute approximate surface area is 198 Å². The monoisotopic (exact) mass is 471 g/mol. The number of likely N-dealkylation sites (tertiary alicyclic amines) is 1. The third-order valence-electron chi connectivity index (χ3n) is 7.17. The lowest BCUT2D eigenvalue weighted by Crippen LogP contribution is -3.14. The van der Waals surface area contributed by atoms with Crippen LogP contribution in [0.2, 0.25) is 0 Å². The molecule has 0 aliphatic carbocycles. The summed E-state index contributed by atoms with van der Waals surface area (Å²) in [4.78, 5) is 15.4. The molecule has 3 aromatic rings. The predicted octanol–water partition coefficient (Wildman–Crippen LogP) is 1.69. The summed E-state index contributed by atoms with van der Waals surface area (Å²) >= 11 is 1.76. The van der Waals surface area contributed by atoms with Crippen LogP contribution in [0.3, 0.4) is 0 Å². The van der Waals surface area contributed by atoms with Crippen molar-refractivity contribution in [3.05, 3.63) is 51.9 Å². The number of quaternary nitrogens is 2. The zero-order valence-electron chi connectivity index (χ0n) is 19.5. The quantitative estimate of drug-likeness (QED) is 0.491. The molecule has 4 heterocycles. The van der Waals surface area contributed by atoms with E-state index in [0.717, 1.165) is 66.8 Å². The second-order valence-corrected chi connectivity index (χ2v) is 10.5. The summed E-state index contributed by atoms with van der Waals surface area (Å²) in [6.07, 6.45) is 2.59. The summed E-state index contributed by atoms with van der Waals surface area (Å²) in [6.45, 7) is 11.8. The minimum absolute atomic E-state index is 0.196. The molecule has 6 nitrogen and oxygen atoms in total. The van der Waals surface area contributed by atoms with Crippen LogP contribution in [0.15, 0.2) is 24.3 Å². The lowest BCUT2D eigenvalue weighted by atomic mass is 10.0. The number of benzene rings is 1. The van der Waals surface area contributed by atoms with E-state index in [2.05, 4.69) is 19.2 Å². The van der Waals surface area contributed by atoms with Crippen molar-refractivity contribution in [3.63, 3.8) is 0 Å². The molecule has 0 radical (unpaired) electrons. The standard InChI is InChI=1S/C25H32FN5OS/c1-17-18(2)33-25-23(17)24(28-22(29-25)16-30-9-3-4-10-30)27-15-21(31-11-13-32-14-12-31)19-5-7-20(26)8-6-19/h5-8,21H,3-4,9-16H2,1-2H3,(H,27,28,29)/p+2/t21-/m0/s1. The van der Waals surface area contributed by atoms with Gasteiger partial charge in [0.2, 0.25) is 0 Å². The number of anilines is 1. The number of ether oxygens (including phenoxy) is 1. The SMILES string of the molecule is Cc1sc2nc(C[NH+]3CCCC3)nc(NC[C@@H](c3ccc(F)cc3)[NH+]3CCOCC3)c2c1C. The van der Waals surface area contributed by atoms with Crippen LogP contribution in [0, 0.1) is 19.7 Å². The van der Waals surface area contributed by atoms with Crippen LogP contribution in [0.5, 0.6) is 0 Å². The van der Waals surface area contributed by atoms with E-state index in [1.807, 2.05) is 12.1 Å². The molecule has 0 unspecified atom stereocenters. The van der Waals surface area contributed by atoms with E-state index in [1.165, 1.54) is 41.3 Å². The number of hydrogen-bond donors (Lipinski definition) is 3. The molecule has 176 valence electrons. The van der Waals surface area contributed by atoms with E-state index >= 15 is 0 Å². The van der Waals surface area contributed by atoms with Crippen LogP contribution in [-0.4, -0.2) is 55.9 Å². The zero-order chi connectivity index (χ0) is 22.8. The van der Waals surface area contributed by atoms with Crippen LogP contribution in [0.25, 0.3) is 10.2 Å². The molecule has 5 rings (SSSR count). The van der Waals surface area contributed by atoms with E-state index in [-0.39, 0.29) is 11.9 Å². The van der Waals surface area contributed by atoms with Gasteiger partial charge in [0.05, 0.1) is 38.2 Å². The zero-order valence-corrected chi connectivity index (χ0v) is 20.4. The van der Waals surface area contributed by atoms with Crippen molar-refractivity contribution in [2.75, 3.05) is 51.3 Å². The highest BCUT2D eigenvalue weighted by Crippen LogP contribution is 2.33. The van der Waals surface area contributed by atoms with Gasteiger partial charge in [0, 0.05) is 23.3 Å². The van der Waals surface area contributed by atoms with Gasteiger partial charge in [-0.1, -0.05) is 12.1 Å². The van der Waals surface area contributed by atoms with Gasteiger partial charge < -0.3 is 19.9 Å². The number of halogens is 1. The van der Waals surface area contributed by atoms with Crippen LogP contribution >= 0.6 is 11.3 Å². The molecule has 0 bridgehead atoms. The van der Waals surface area contributed by atoms with Gasteiger partial charge in [-0.05, 0) is 31.5 Å². The smallest absolute Gasteiger partial charge is 0.187 e. The first-order valence-electron chi connectivity index (χ1n) is 12.1. The second kappa shape index (κ2) is 10.0. The van der Waals surface area contributed by atoms with Crippen LogP contribution in [-0.2, 0) is 11.3 Å². The highest BCUT2D eigenvalue weighted by atomic mass is 32.1. The van der Waals surface area contributed by atoms with Crippen molar-refractivity contribution < 1.29 is 18.9 Å². The van der Waals surface area contributed by atoms with E-state index in [9.17, 15) is 4.39 Å². The highest BCUT2D eigenvalue weighted by molar-refractivity contribution is 7.18. The van der Waals surface area contributed by atoms with E-state index < -0.39 is 0 Å². The Balaban J connectivity index is 1.44. The summed E-state index contributed by atoms with van der Waals surface area (Å²) in [5.41, 5.74) is 2.40. The summed E-state index contributed by atoms with van der Waals surface area (Å²) in [5, 5.41) is 4.85. The molecule has 3 N–H and O–H groups in total. The van der Waals surface area contributed by atoms with Gasteiger partial charge in [-0.3, -0.25) is 0 Å². The van der Waals surface area contributed by atoms with E-state index in [0.29, 0.717) is 0 Å². The van der Waals surface area contributed by atoms with Gasteiger partial charge in [0.15, 0.2) is 5.82 Å². The van der Waals surface area contributed by atoms with E-state index in [4.69, 9.17) is 14.7 Å². The Kier molecular flexibility index (Phi) is 6.87. The molecule has 0 amide bonds. The van der Waals surface area contributed by atoms with Gasteiger partial charge in [0.1, 0.15) is 42.1 Å². The van der Waals surface area contributed by atoms with Crippen molar-refractivity contribution in [3.8, 4) is 0 Å². The Bertz CT molecular complexity index is 1090. The topological polar surface area (TPSA) is 55.9 Å². The van der Waals surface area contributed by atoms with Gasteiger partial charge in [-0.15, -0.1) is 11.3 Å². The molecule has 1 atom stereocenters. The molecule has 0 spiro atoms. The molecule has 1 aromatic carbocycles. The van der Waals surface area contributed by atoms with Crippen molar-refractivity contribution >= 4 is 27.4 Å². The molecule has 0 saturated carbocycles. The molecular formula is C25H34FN5OS+2. The maximum absolute atomic E-state index is 13.6. The molecule has 33 heavy (non-hydrogen) atoms.